The highest BCUT2D eigenvalue weighted by Crippen LogP contribution is 2.27. The van der Waals surface area contributed by atoms with Crippen LogP contribution in [0.1, 0.15) is 13.8 Å². The Morgan fingerprint density at radius 3 is 2.39 bits per heavy atom. The van der Waals surface area contributed by atoms with Gasteiger partial charge in [-0.25, -0.2) is 13.6 Å². The van der Waals surface area contributed by atoms with Crippen molar-refractivity contribution < 1.29 is 13.2 Å². The topological polar surface area (TPSA) is 69.4 Å². The van der Waals surface area contributed by atoms with Gasteiger partial charge in [0, 0.05) is 11.5 Å². The number of nitrogens with two attached hydrogens (primary N) is 1. The van der Waals surface area contributed by atoms with Gasteiger partial charge >= 0.3 is 0 Å². The Bertz CT molecular complexity index is 529. The molecule has 0 aliphatic rings. The molecule has 7 heteroatoms. The zero-order valence-electron chi connectivity index (χ0n) is 10.1. The van der Waals surface area contributed by atoms with Crippen LogP contribution >= 0.6 is 23.2 Å². The molecule has 0 heterocycles. The summed E-state index contributed by atoms with van der Waals surface area (Å²) in [6, 6.07) is 4.87. The van der Waals surface area contributed by atoms with Crippen LogP contribution in [0.5, 0.6) is 5.75 Å². The highest BCUT2D eigenvalue weighted by molar-refractivity contribution is 7.89. The van der Waals surface area contributed by atoms with E-state index in [1.165, 1.54) is 0 Å². The molecule has 0 atom stereocenters. The number of hydrogen-bond acceptors (Lipinski definition) is 3. The van der Waals surface area contributed by atoms with E-state index >= 15 is 0 Å². The van der Waals surface area contributed by atoms with Crippen molar-refractivity contribution in [3.05, 3.63) is 28.2 Å². The molecule has 0 aliphatic heterocycles. The number of benzene rings is 1. The lowest BCUT2D eigenvalue weighted by atomic mass is 9.98. The van der Waals surface area contributed by atoms with Crippen molar-refractivity contribution in [1.82, 2.24) is 0 Å². The van der Waals surface area contributed by atoms with Gasteiger partial charge in [-0.3, -0.25) is 0 Å². The number of primary sulfonamides is 1. The summed E-state index contributed by atoms with van der Waals surface area (Å²) in [4.78, 5) is 0. The highest BCUT2D eigenvalue weighted by Gasteiger charge is 2.25. The van der Waals surface area contributed by atoms with E-state index in [4.69, 9.17) is 33.1 Å². The van der Waals surface area contributed by atoms with Gasteiger partial charge in [0.15, 0.2) is 0 Å². The van der Waals surface area contributed by atoms with Crippen molar-refractivity contribution in [3.63, 3.8) is 0 Å². The monoisotopic (exact) mass is 311 g/mol. The van der Waals surface area contributed by atoms with Crippen molar-refractivity contribution in [2.24, 2.45) is 10.6 Å². The first-order chi connectivity index (χ1) is 8.09. The number of ether oxygens (including phenoxy) is 1. The maximum Gasteiger partial charge on any atom is 0.209 e. The molecule has 0 unspecified atom stereocenters. The number of rotatable bonds is 5. The standard InChI is InChI=1S/C11H15Cl2NO3S/c1-11(2,7-18(14,15)16)6-17-8-3-4-9(12)10(13)5-8/h3-5H,6-7H2,1-2H3,(H2,14,15,16). The van der Waals surface area contributed by atoms with Crippen LogP contribution in [0, 0.1) is 5.41 Å². The second-order valence-corrected chi connectivity index (χ2v) is 7.26. The average molecular weight is 312 g/mol. The minimum Gasteiger partial charge on any atom is -0.493 e. The molecule has 0 saturated heterocycles. The summed E-state index contributed by atoms with van der Waals surface area (Å²) < 4.78 is 27.6. The molecule has 0 bridgehead atoms. The molecule has 0 amide bonds. The molecular weight excluding hydrogens is 297 g/mol. The Kier molecular flexibility index (Phi) is 4.89. The number of halogens is 2. The van der Waals surface area contributed by atoms with Gasteiger partial charge in [0.1, 0.15) is 5.75 Å². The maximum atomic E-state index is 11.0. The molecule has 2 N–H and O–H groups in total. The Morgan fingerprint density at radius 2 is 1.89 bits per heavy atom. The largest absolute Gasteiger partial charge is 0.493 e. The van der Waals surface area contributed by atoms with Crippen LogP contribution in [0.25, 0.3) is 0 Å². The van der Waals surface area contributed by atoms with E-state index in [-0.39, 0.29) is 12.4 Å². The van der Waals surface area contributed by atoms with Crippen LogP contribution < -0.4 is 9.88 Å². The van der Waals surface area contributed by atoms with Crippen molar-refractivity contribution in [2.75, 3.05) is 12.4 Å². The summed E-state index contributed by atoms with van der Waals surface area (Å²) in [7, 11) is -3.53. The van der Waals surface area contributed by atoms with Crippen LogP contribution in [-0.4, -0.2) is 20.8 Å². The molecule has 0 radical (unpaired) electrons. The minimum absolute atomic E-state index is 0.151. The molecule has 0 spiro atoms. The SMILES string of the molecule is CC(C)(COc1ccc(Cl)c(Cl)c1)CS(N)(=O)=O. The Morgan fingerprint density at radius 1 is 1.28 bits per heavy atom. The third kappa shape index (κ3) is 5.44. The van der Waals surface area contributed by atoms with E-state index in [9.17, 15) is 8.42 Å². The Labute approximate surface area is 117 Å². The van der Waals surface area contributed by atoms with Gasteiger partial charge in [-0.1, -0.05) is 37.0 Å². The first-order valence-corrected chi connectivity index (χ1v) is 7.64. The quantitative estimate of drug-likeness (QED) is 0.909. The van der Waals surface area contributed by atoms with Gasteiger partial charge < -0.3 is 4.74 Å². The molecule has 1 aromatic carbocycles. The predicted octanol–water partition coefficient (Wildman–Crippen LogP) is 2.69. The van der Waals surface area contributed by atoms with Crippen LogP contribution in [0.2, 0.25) is 10.0 Å². The molecule has 18 heavy (non-hydrogen) atoms. The molecule has 1 aromatic rings. The zero-order chi connectivity index (χ0) is 14.0. The summed E-state index contributed by atoms with van der Waals surface area (Å²) in [5.74, 6) is 0.383. The molecule has 0 saturated carbocycles. The fourth-order valence-corrected chi connectivity index (χ4v) is 2.89. The number of hydrogen-bond donors (Lipinski definition) is 1. The normalized spacial score (nSPS) is 12.5. The van der Waals surface area contributed by atoms with Crippen LogP contribution in [0.3, 0.4) is 0 Å². The van der Waals surface area contributed by atoms with Crippen molar-refractivity contribution in [2.45, 2.75) is 13.8 Å². The van der Waals surface area contributed by atoms with Crippen molar-refractivity contribution >= 4 is 33.2 Å². The van der Waals surface area contributed by atoms with E-state index in [1.807, 2.05) is 0 Å². The van der Waals surface area contributed by atoms with Crippen molar-refractivity contribution in [3.8, 4) is 5.75 Å². The smallest absolute Gasteiger partial charge is 0.209 e. The van der Waals surface area contributed by atoms with Gasteiger partial charge in [-0.15, -0.1) is 0 Å². The van der Waals surface area contributed by atoms with E-state index < -0.39 is 15.4 Å². The molecule has 4 nitrogen and oxygen atoms in total. The first-order valence-electron chi connectivity index (χ1n) is 5.17. The summed E-state index contributed by atoms with van der Waals surface area (Å²) >= 11 is 11.6. The fraction of sp³-hybridized carbons (Fsp3) is 0.455. The van der Waals surface area contributed by atoms with Gasteiger partial charge in [-0.05, 0) is 12.1 Å². The third-order valence-corrected chi connectivity index (χ3v) is 4.04. The maximum absolute atomic E-state index is 11.0. The molecule has 0 fully saturated rings. The van der Waals surface area contributed by atoms with Crippen LogP contribution in [0.15, 0.2) is 18.2 Å². The summed E-state index contributed by atoms with van der Waals surface area (Å²) in [6.45, 7) is 3.73. The van der Waals surface area contributed by atoms with Gasteiger partial charge in [0.05, 0.1) is 22.4 Å². The summed E-state index contributed by atoms with van der Waals surface area (Å²) in [5.41, 5.74) is -0.584. The summed E-state index contributed by atoms with van der Waals surface area (Å²) in [6.07, 6.45) is 0. The fourth-order valence-electron chi connectivity index (χ4n) is 1.43. The lowest BCUT2D eigenvalue weighted by Gasteiger charge is -2.23. The lowest BCUT2D eigenvalue weighted by molar-refractivity contribution is 0.200. The van der Waals surface area contributed by atoms with E-state index in [0.717, 1.165) is 0 Å². The zero-order valence-corrected chi connectivity index (χ0v) is 12.4. The van der Waals surface area contributed by atoms with Crippen molar-refractivity contribution in [1.29, 1.82) is 0 Å². The molecular formula is C11H15Cl2NO3S. The molecule has 0 aromatic heterocycles. The molecule has 1 rings (SSSR count). The average Bonchev–Trinajstić information content (AvgIpc) is 2.16. The predicted molar refractivity (Wildman–Crippen MR) is 73.7 cm³/mol. The van der Waals surface area contributed by atoms with Gasteiger partial charge in [0.25, 0.3) is 0 Å². The molecule has 0 aliphatic carbocycles. The highest BCUT2D eigenvalue weighted by atomic mass is 35.5. The van der Waals surface area contributed by atoms with Gasteiger partial charge in [0.2, 0.25) is 10.0 Å². The third-order valence-electron chi connectivity index (χ3n) is 2.11. The van der Waals surface area contributed by atoms with E-state index in [1.54, 1.807) is 32.0 Å². The number of sulfonamides is 1. The minimum atomic E-state index is -3.53. The Balaban J connectivity index is 2.67. The van der Waals surface area contributed by atoms with Crippen LogP contribution in [-0.2, 0) is 10.0 Å². The lowest BCUT2D eigenvalue weighted by Crippen LogP contribution is -2.33. The Hall–Kier alpha value is -0.490. The summed E-state index contributed by atoms with van der Waals surface area (Å²) in [5, 5.41) is 5.84. The van der Waals surface area contributed by atoms with Crippen LogP contribution in [0.4, 0.5) is 0 Å². The first kappa shape index (κ1) is 15.6. The van der Waals surface area contributed by atoms with E-state index in [0.29, 0.717) is 15.8 Å². The molecule has 102 valence electrons. The van der Waals surface area contributed by atoms with E-state index in [2.05, 4.69) is 0 Å². The van der Waals surface area contributed by atoms with Gasteiger partial charge in [-0.2, -0.15) is 0 Å². The second kappa shape index (κ2) is 5.65. The second-order valence-electron chi connectivity index (χ2n) is 4.84.